The second-order valence-electron chi connectivity index (χ2n) is 5.67. The lowest BCUT2D eigenvalue weighted by Gasteiger charge is -2.10. The van der Waals surface area contributed by atoms with E-state index in [0.717, 1.165) is 0 Å². The molecule has 1 aromatic heterocycles. The highest BCUT2D eigenvalue weighted by Gasteiger charge is 2.21. The quantitative estimate of drug-likeness (QED) is 0.823. The number of anilines is 1. The highest BCUT2D eigenvalue weighted by molar-refractivity contribution is 6.33. The van der Waals surface area contributed by atoms with Gasteiger partial charge in [-0.15, -0.1) is 0 Å². The minimum absolute atomic E-state index is 0.0186. The Balaban J connectivity index is 1.68. The number of rotatable bonds is 6. The topological polar surface area (TPSA) is 76.0 Å². The predicted molar refractivity (Wildman–Crippen MR) is 94.1 cm³/mol. The van der Waals surface area contributed by atoms with Crippen molar-refractivity contribution in [3.63, 3.8) is 0 Å². The van der Waals surface area contributed by atoms with E-state index in [1.54, 1.807) is 24.3 Å². The lowest BCUT2D eigenvalue weighted by atomic mass is 10.3. The van der Waals surface area contributed by atoms with E-state index in [1.165, 1.54) is 23.7 Å². The molecule has 0 aliphatic heterocycles. The number of hydrogen-bond donors (Lipinski definition) is 2. The molecule has 2 aromatic rings. The molecule has 0 unspecified atom stereocenters. The Morgan fingerprint density at radius 3 is 2.62 bits per heavy atom. The second kappa shape index (κ2) is 7.23. The van der Waals surface area contributed by atoms with Gasteiger partial charge in [0.15, 0.2) is 0 Å². The van der Waals surface area contributed by atoms with E-state index in [-0.39, 0.29) is 17.5 Å². The SMILES string of the molecule is O=C(CNc1cnn(-c2ccc(Cl)cc2)c(=O)c1Cl)NCC1CC1. The largest absolute Gasteiger partial charge is 0.373 e. The van der Waals surface area contributed by atoms with Crippen LogP contribution in [0.1, 0.15) is 12.8 Å². The van der Waals surface area contributed by atoms with Gasteiger partial charge in [-0.25, -0.2) is 0 Å². The maximum atomic E-state index is 12.3. The molecule has 24 heavy (non-hydrogen) atoms. The molecule has 8 heteroatoms. The first-order valence-electron chi connectivity index (χ1n) is 7.59. The van der Waals surface area contributed by atoms with Gasteiger partial charge in [0.2, 0.25) is 5.91 Å². The van der Waals surface area contributed by atoms with Gasteiger partial charge < -0.3 is 10.6 Å². The van der Waals surface area contributed by atoms with E-state index >= 15 is 0 Å². The Labute approximate surface area is 148 Å². The van der Waals surface area contributed by atoms with Crippen LogP contribution in [0, 0.1) is 5.92 Å². The summed E-state index contributed by atoms with van der Waals surface area (Å²) in [5, 5.41) is 10.3. The van der Waals surface area contributed by atoms with Crippen molar-refractivity contribution in [2.24, 2.45) is 5.92 Å². The standard InChI is InChI=1S/C16H16Cl2N4O2/c17-11-3-5-12(6-4-11)22-16(24)15(18)13(8-21-22)19-9-14(23)20-7-10-1-2-10/h3-6,8,10,19H,1-2,7,9H2,(H,20,23). The van der Waals surface area contributed by atoms with E-state index < -0.39 is 5.56 Å². The molecule has 0 spiro atoms. The molecule has 1 aromatic carbocycles. The minimum Gasteiger partial charge on any atom is -0.373 e. The lowest BCUT2D eigenvalue weighted by Crippen LogP contribution is -2.32. The third-order valence-electron chi connectivity index (χ3n) is 3.71. The van der Waals surface area contributed by atoms with Gasteiger partial charge in [0.05, 0.1) is 24.1 Å². The molecule has 1 aliphatic rings. The summed E-state index contributed by atoms with van der Waals surface area (Å²) in [6.07, 6.45) is 3.77. The zero-order chi connectivity index (χ0) is 17.1. The van der Waals surface area contributed by atoms with Gasteiger partial charge in [0.1, 0.15) is 5.02 Å². The maximum Gasteiger partial charge on any atom is 0.292 e. The van der Waals surface area contributed by atoms with Crippen molar-refractivity contribution in [2.45, 2.75) is 12.8 Å². The summed E-state index contributed by atoms with van der Waals surface area (Å²) in [4.78, 5) is 24.1. The Hall–Kier alpha value is -2.05. The Morgan fingerprint density at radius 2 is 1.96 bits per heavy atom. The van der Waals surface area contributed by atoms with E-state index in [2.05, 4.69) is 15.7 Å². The first-order chi connectivity index (χ1) is 11.5. The molecule has 1 amide bonds. The van der Waals surface area contributed by atoms with Gasteiger partial charge in [0, 0.05) is 11.6 Å². The summed E-state index contributed by atoms with van der Waals surface area (Å²) in [6.45, 7) is 0.739. The third kappa shape index (κ3) is 4.07. The number of nitrogens with one attached hydrogen (secondary N) is 2. The van der Waals surface area contributed by atoms with Gasteiger partial charge in [-0.2, -0.15) is 9.78 Å². The second-order valence-corrected chi connectivity index (χ2v) is 6.48. The summed E-state index contributed by atoms with van der Waals surface area (Å²) < 4.78 is 1.18. The van der Waals surface area contributed by atoms with Crippen molar-refractivity contribution < 1.29 is 4.79 Å². The molecule has 0 saturated heterocycles. The van der Waals surface area contributed by atoms with Crippen molar-refractivity contribution in [3.8, 4) is 5.69 Å². The fourth-order valence-electron chi connectivity index (χ4n) is 2.14. The lowest BCUT2D eigenvalue weighted by molar-refractivity contribution is -0.119. The number of benzene rings is 1. The molecule has 3 rings (SSSR count). The number of carbonyl (C=O) groups excluding carboxylic acids is 1. The highest BCUT2D eigenvalue weighted by Crippen LogP contribution is 2.27. The smallest absolute Gasteiger partial charge is 0.292 e. The summed E-state index contributed by atoms with van der Waals surface area (Å²) >= 11 is 11.9. The summed E-state index contributed by atoms with van der Waals surface area (Å²) in [5.41, 5.74) is 0.413. The van der Waals surface area contributed by atoms with Crippen LogP contribution in [-0.4, -0.2) is 28.8 Å². The highest BCUT2D eigenvalue weighted by atomic mass is 35.5. The summed E-state index contributed by atoms with van der Waals surface area (Å²) in [7, 11) is 0. The molecule has 0 radical (unpaired) electrons. The molecule has 1 heterocycles. The molecular weight excluding hydrogens is 351 g/mol. The molecule has 1 saturated carbocycles. The molecule has 126 valence electrons. The number of halogens is 2. The number of amides is 1. The maximum absolute atomic E-state index is 12.3. The monoisotopic (exact) mass is 366 g/mol. The van der Waals surface area contributed by atoms with Crippen molar-refractivity contribution >= 4 is 34.8 Å². The van der Waals surface area contributed by atoms with Crippen LogP contribution >= 0.6 is 23.2 Å². The summed E-state index contributed by atoms with van der Waals surface area (Å²) in [6, 6.07) is 6.67. The Morgan fingerprint density at radius 1 is 1.25 bits per heavy atom. The Kier molecular flexibility index (Phi) is 5.06. The van der Waals surface area contributed by atoms with Crippen molar-refractivity contribution in [1.29, 1.82) is 0 Å². The van der Waals surface area contributed by atoms with Crippen LogP contribution in [-0.2, 0) is 4.79 Å². The predicted octanol–water partition coefficient (Wildman–Crippen LogP) is 2.48. The van der Waals surface area contributed by atoms with Crippen LogP contribution in [0.25, 0.3) is 5.69 Å². The molecule has 6 nitrogen and oxygen atoms in total. The molecule has 1 fully saturated rings. The first-order valence-corrected chi connectivity index (χ1v) is 8.34. The van der Waals surface area contributed by atoms with E-state index in [4.69, 9.17) is 23.2 Å². The van der Waals surface area contributed by atoms with E-state index in [0.29, 0.717) is 28.9 Å². The fraction of sp³-hybridized carbons (Fsp3) is 0.312. The zero-order valence-corrected chi connectivity index (χ0v) is 14.3. The van der Waals surface area contributed by atoms with Crippen molar-refractivity contribution in [2.75, 3.05) is 18.4 Å². The van der Waals surface area contributed by atoms with Gasteiger partial charge in [0.25, 0.3) is 5.56 Å². The van der Waals surface area contributed by atoms with E-state index in [1.807, 2.05) is 0 Å². The molecule has 1 aliphatic carbocycles. The van der Waals surface area contributed by atoms with Crippen LogP contribution in [0.15, 0.2) is 35.3 Å². The number of hydrogen-bond acceptors (Lipinski definition) is 4. The first kappa shape index (κ1) is 16.8. The number of nitrogens with zero attached hydrogens (tertiary/aromatic N) is 2. The average molecular weight is 367 g/mol. The van der Waals surface area contributed by atoms with E-state index in [9.17, 15) is 9.59 Å². The third-order valence-corrected chi connectivity index (χ3v) is 4.33. The normalized spacial score (nSPS) is 13.6. The molecular formula is C16H16Cl2N4O2. The Bertz CT molecular complexity index is 801. The van der Waals surface area contributed by atoms with Gasteiger partial charge in [-0.05, 0) is 43.0 Å². The zero-order valence-electron chi connectivity index (χ0n) is 12.8. The summed E-state index contributed by atoms with van der Waals surface area (Å²) in [5.74, 6) is 0.474. The average Bonchev–Trinajstić information content (AvgIpc) is 3.40. The number of carbonyl (C=O) groups is 1. The molecule has 0 atom stereocenters. The van der Waals surface area contributed by atoms with Crippen LogP contribution < -0.4 is 16.2 Å². The van der Waals surface area contributed by atoms with Crippen molar-refractivity contribution in [1.82, 2.24) is 15.1 Å². The van der Waals surface area contributed by atoms with Crippen LogP contribution in [0.5, 0.6) is 0 Å². The number of aromatic nitrogens is 2. The minimum atomic E-state index is -0.470. The van der Waals surface area contributed by atoms with Crippen LogP contribution in [0.2, 0.25) is 10.0 Å². The van der Waals surface area contributed by atoms with Gasteiger partial charge in [-0.3, -0.25) is 9.59 Å². The van der Waals surface area contributed by atoms with Gasteiger partial charge >= 0.3 is 0 Å². The molecule has 2 N–H and O–H groups in total. The van der Waals surface area contributed by atoms with Crippen molar-refractivity contribution in [3.05, 3.63) is 50.9 Å². The van der Waals surface area contributed by atoms with Gasteiger partial charge in [-0.1, -0.05) is 23.2 Å². The van der Waals surface area contributed by atoms with Crippen LogP contribution in [0.4, 0.5) is 5.69 Å². The molecule has 0 bridgehead atoms. The van der Waals surface area contributed by atoms with Crippen LogP contribution in [0.3, 0.4) is 0 Å². The fourth-order valence-corrected chi connectivity index (χ4v) is 2.46.